The molecule has 0 heterocycles. The summed E-state index contributed by atoms with van der Waals surface area (Å²) in [6.45, 7) is 7.57. The normalized spacial score (nSPS) is 38.2. The van der Waals surface area contributed by atoms with Crippen LogP contribution < -0.4 is 0 Å². The third-order valence-corrected chi connectivity index (χ3v) is 13.2. The average Bonchev–Trinajstić information content (AvgIpc) is 3.39. The van der Waals surface area contributed by atoms with Gasteiger partial charge in [-0.3, -0.25) is 4.79 Å². The van der Waals surface area contributed by atoms with Crippen molar-refractivity contribution in [3.05, 3.63) is 81.5 Å². The highest BCUT2D eigenvalue weighted by atomic mass is 16.5. The molecule has 10 atom stereocenters. The third kappa shape index (κ3) is 4.97. The van der Waals surface area contributed by atoms with Crippen molar-refractivity contribution in [1.29, 1.82) is 0 Å². The summed E-state index contributed by atoms with van der Waals surface area (Å²) in [5.74, 6) is 2.30. The second kappa shape index (κ2) is 11.3. The van der Waals surface area contributed by atoms with Crippen molar-refractivity contribution in [3.8, 4) is 11.5 Å². The van der Waals surface area contributed by atoms with Crippen LogP contribution in [0.1, 0.15) is 100 Å². The minimum absolute atomic E-state index is 0.00556. The number of hydrogen-bond acceptors (Lipinski definition) is 8. The largest absolute Gasteiger partial charge is 0.512 e. The standard InChI is InChI=1S/C20H24O5.C19H24O3/c1-10(21)25-19-17(24)9-15-18-14(5-6-20(15,19)2)13-4-3-12(22)7-11(13)8-16(18)23;1-10-7-15-17-14(5-6-19(15,2)18(10)22)13-4-3-12(20)8-11(13)9-16(17)21/h3-4,7,14-16,18,22-24H,5-6,8-9H2,1-2H3;3-4,8,14-17,20-22H,5-7,9H2,1-2H3/t14?,15?,16-,18?,20-;14?,15?,16-,17?,19-/m00/s1. The fraction of sp³-hybridized carbons (Fsp3) is 0.564. The molecule has 6 unspecified atom stereocenters. The molecule has 0 aromatic heterocycles. The van der Waals surface area contributed by atoms with Crippen LogP contribution >= 0.6 is 0 Å². The highest BCUT2D eigenvalue weighted by Gasteiger charge is 2.58. The maximum atomic E-state index is 11.5. The highest BCUT2D eigenvalue weighted by molar-refractivity contribution is 5.67. The predicted molar refractivity (Wildman–Crippen MR) is 176 cm³/mol. The lowest BCUT2D eigenvalue weighted by Gasteiger charge is -2.51. The number of esters is 1. The van der Waals surface area contributed by atoms with Gasteiger partial charge in [0.05, 0.1) is 18.0 Å². The van der Waals surface area contributed by atoms with Crippen molar-refractivity contribution in [1.82, 2.24) is 0 Å². The molecule has 0 aliphatic heterocycles. The molecule has 6 N–H and O–H groups in total. The van der Waals surface area contributed by atoms with Crippen molar-refractivity contribution in [3.63, 3.8) is 0 Å². The molecule has 0 radical (unpaired) electrons. The van der Waals surface area contributed by atoms with Crippen LogP contribution in [0.15, 0.2) is 59.2 Å². The maximum Gasteiger partial charge on any atom is 0.307 e. The van der Waals surface area contributed by atoms with Crippen LogP contribution in [0.4, 0.5) is 0 Å². The van der Waals surface area contributed by atoms with Crippen molar-refractivity contribution in [2.45, 2.75) is 103 Å². The monoisotopic (exact) mass is 644 g/mol. The van der Waals surface area contributed by atoms with Gasteiger partial charge in [0.15, 0.2) is 5.76 Å². The molecular formula is C39H48O8. The minimum Gasteiger partial charge on any atom is -0.512 e. The maximum absolute atomic E-state index is 11.5. The Labute approximate surface area is 276 Å². The Balaban J connectivity index is 0.000000151. The summed E-state index contributed by atoms with van der Waals surface area (Å²) in [5, 5.41) is 62.1. The van der Waals surface area contributed by atoms with Crippen molar-refractivity contribution < 1.29 is 40.2 Å². The van der Waals surface area contributed by atoms with E-state index in [-0.39, 0.29) is 52.4 Å². The molecule has 6 aliphatic rings. The zero-order valence-corrected chi connectivity index (χ0v) is 27.7. The van der Waals surface area contributed by atoms with E-state index >= 15 is 0 Å². The number of hydrogen-bond donors (Lipinski definition) is 6. The molecule has 2 saturated carbocycles. The lowest BCUT2D eigenvalue weighted by molar-refractivity contribution is -0.140. The number of benzene rings is 2. The van der Waals surface area contributed by atoms with Crippen LogP contribution in [0, 0.1) is 34.5 Å². The van der Waals surface area contributed by atoms with Gasteiger partial charge in [0.2, 0.25) is 0 Å². The third-order valence-electron chi connectivity index (χ3n) is 13.2. The molecule has 252 valence electrons. The van der Waals surface area contributed by atoms with Gasteiger partial charge in [-0.15, -0.1) is 0 Å². The lowest BCUT2D eigenvalue weighted by Crippen LogP contribution is -2.47. The molecule has 2 aromatic carbocycles. The molecule has 47 heavy (non-hydrogen) atoms. The zero-order valence-electron chi connectivity index (χ0n) is 27.7. The van der Waals surface area contributed by atoms with Gasteiger partial charge in [0.25, 0.3) is 0 Å². The van der Waals surface area contributed by atoms with Crippen molar-refractivity contribution in [2.75, 3.05) is 0 Å². The highest BCUT2D eigenvalue weighted by Crippen LogP contribution is 2.63. The van der Waals surface area contributed by atoms with Gasteiger partial charge in [-0.2, -0.15) is 0 Å². The summed E-state index contributed by atoms with van der Waals surface area (Å²) in [6.07, 6.45) is 5.12. The van der Waals surface area contributed by atoms with Gasteiger partial charge < -0.3 is 35.4 Å². The topological polar surface area (TPSA) is 148 Å². The molecule has 0 bridgehead atoms. The van der Waals surface area contributed by atoms with E-state index in [9.17, 15) is 35.4 Å². The number of allylic oxidation sites excluding steroid dienone is 4. The molecular weight excluding hydrogens is 596 g/mol. The van der Waals surface area contributed by atoms with Gasteiger partial charge >= 0.3 is 5.97 Å². The molecule has 0 amide bonds. The fourth-order valence-electron chi connectivity index (χ4n) is 11.0. The first-order valence-electron chi connectivity index (χ1n) is 17.2. The molecule has 8 heteroatoms. The smallest absolute Gasteiger partial charge is 0.307 e. The number of rotatable bonds is 1. The molecule has 8 nitrogen and oxygen atoms in total. The average molecular weight is 645 g/mol. The summed E-state index contributed by atoms with van der Waals surface area (Å²) in [5.41, 5.74) is 5.08. The van der Waals surface area contributed by atoms with E-state index in [0.29, 0.717) is 42.6 Å². The molecule has 0 spiro atoms. The first-order valence-corrected chi connectivity index (χ1v) is 17.2. The lowest BCUT2D eigenvalue weighted by atomic mass is 9.54. The molecule has 6 aliphatic carbocycles. The summed E-state index contributed by atoms with van der Waals surface area (Å²) < 4.78 is 5.37. The second-order valence-electron chi connectivity index (χ2n) is 15.7. The van der Waals surface area contributed by atoms with E-state index < -0.39 is 17.5 Å². The molecule has 2 aromatic rings. The molecule has 2 fully saturated rings. The van der Waals surface area contributed by atoms with Gasteiger partial charge in [-0.1, -0.05) is 26.0 Å². The number of carbonyl (C=O) groups excluding carboxylic acids is 1. The van der Waals surface area contributed by atoms with E-state index in [1.165, 1.54) is 18.1 Å². The fourth-order valence-corrected chi connectivity index (χ4v) is 11.0. The summed E-state index contributed by atoms with van der Waals surface area (Å²) in [7, 11) is 0. The van der Waals surface area contributed by atoms with Gasteiger partial charge in [-0.05, 0) is 139 Å². The van der Waals surface area contributed by atoms with E-state index in [4.69, 9.17) is 4.74 Å². The van der Waals surface area contributed by atoms with Crippen LogP contribution in [0.5, 0.6) is 11.5 Å². The number of phenolic OH excluding ortho intramolecular Hbond substituents is 2. The molecule has 0 saturated heterocycles. The van der Waals surface area contributed by atoms with Gasteiger partial charge in [0.1, 0.15) is 17.3 Å². The van der Waals surface area contributed by atoms with E-state index in [2.05, 4.69) is 6.92 Å². The number of aromatic hydroxyl groups is 2. The SMILES string of the molecule is CC(=O)OC1=C(O)CC2C3C(CC[C@]12C)c1ccc(O)cc1C[C@@H]3O.CC1=C(O)[C@@]2(C)CCC3c4ccc(O)cc4C[C@H](O)C3C2C1. The van der Waals surface area contributed by atoms with Crippen LogP contribution in [-0.4, -0.2) is 48.8 Å². The summed E-state index contributed by atoms with van der Waals surface area (Å²) in [4.78, 5) is 11.5. The zero-order chi connectivity index (χ0) is 33.6. The van der Waals surface area contributed by atoms with Crippen LogP contribution in [0.2, 0.25) is 0 Å². The quantitative estimate of drug-likeness (QED) is 0.185. The number of phenols is 2. The van der Waals surface area contributed by atoms with E-state index in [1.54, 1.807) is 24.3 Å². The minimum atomic E-state index is -0.534. The van der Waals surface area contributed by atoms with Gasteiger partial charge in [-0.25, -0.2) is 0 Å². The van der Waals surface area contributed by atoms with Gasteiger partial charge in [0, 0.05) is 24.2 Å². The van der Waals surface area contributed by atoms with Crippen molar-refractivity contribution >= 4 is 5.97 Å². The summed E-state index contributed by atoms with van der Waals surface area (Å²) >= 11 is 0. The second-order valence-corrected chi connectivity index (χ2v) is 15.7. The Morgan fingerprint density at radius 1 is 0.745 bits per heavy atom. The number of ether oxygens (including phenoxy) is 1. The van der Waals surface area contributed by atoms with E-state index in [0.717, 1.165) is 48.8 Å². The Morgan fingerprint density at radius 2 is 1.23 bits per heavy atom. The number of fused-ring (bicyclic) bond motifs is 10. The van der Waals surface area contributed by atoms with Crippen LogP contribution in [0.3, 0.4) is 0 Å². The summed E-state index contributed by atoms with van der Waals surface area (Å²) in [6, 6.07) is 11.0. The Morgan fingerprint density at radius 3 is 1.74 bits per heavy atom. The Bertz CT molecular complexity index is 1670. The Kier molecular flexibility index (Phi) is 7.71. The number of aliphatic hydroxyl groups excluding tert-OH is 4. The van der Waals surface area contributed by atoms with Crippen LogP contribution in [0.25, 0.3) is 0 Å². The number of carbonyl (C=O) groups is 1. The molecule has 8 rings (SSSR count). The first-order chi connectivity index (χ1) is 22.2. The first kappa shape index (κ1) is 32.1. The van der Waals surface area contributed by atoms with E-state index in [1.807, 2.05) is 26.0 Å². The van der Waals surface area contributed by atoms with Crippen LogP contribution in [-0.2, 0) is 22.4 Å². The Hall–Kier alpha value is -3.49. The number of aliphatic hydroxyl groups is 4. The predicted octanol–water partition coefficient (Wildman–Crippen LogP) is 6.82. The van der Waals surface area contributed by atoms with Crippen molar-refractivity contribution in [2.24, 2.45) is 34.5 Å².